The fourth-order valence-corrected chi connectivity index (χ4v) is 1.32. The Morgan fingerprint density at radius 3 is 2.88 bits per heavy atom. The van der Waals surface area contributed by atoms with Gasteiger partial charge in [-0.3, -0.25) is 4.79 Å². The van der Waals surface area contributed by atoms with E-state index in [2.05, 4.69) is 20.5 Å². The summed E-state index contributed by atoms with van der Waals surface area (Å²) < 4.78 is 0. The van der Waals surface area contributed by atoms with Crippen LogP contribution in [0.3, 0.4) is 0 Å². The number of carbonyl (C=O) groups is 1. The van der Waals surface area contributed by atoms with Crippen molar-refractivity contribution in [1.29, 1.82) is 0 Å². The van der Waals surface area contributed by atoms with Crippen molar-refractivity contribution < 1.29 is 4.79 Å². The lowest BCUT2D eigenvalue weighted by molar-refractivity contribution is -0.115. The molecule has 6 heteroatoms. The highest BCUT2D eigenvalue weighted by Gasteiger charge is 2.05. The van der Waals surface area contributed by atoms with Crippen LogP contribution in [0.1, 0.15) is 5.69 Å². The third-order valence-corrected chi connectivity index (χ3v) is 2.01. The Bertz CT molecular complexity index is 514. The van der Waals surface area contributed by atoms with Crippen LogP contribution in [0, 0.1) is 0 Å². The number of nitrogen functional groups attached to an aromatic ring is 1. The zero-order valence-corrected chi connectivity index (χ0v) is 9.00. The summed E-state index contributed by atoms with van der Waals surface area (Å²) in [6.45, 7) is 0. The smallest absolute Gasteiger partial charge is 0.231 e. The molecule has 2 heterocycles. The molecule has 0 unspecified atom stereocenters. The van der Waals surface area contributed by atoms with Crippen molar-refractivity contribution in [3.05, 3.63) is 42.2 Å². The molecule has 2 aromatic rings. The van der Waals surface area contributed by atoms with E-state index in [0.717, 1.165) is 0 Å². The molecule has 0 aromatic carbocycles. The second kappa shape index (κ2) is 5.02. The number of anilines is 2. The Balaban J connectivity index is 1.98. The second-order valence-electron chi connectivity index (χ2n) is 3.39. The number of nitrogens with two attached hydrogens (primary N) is 1. The second-order valence-corrected chi connectivity index (χ2v) is 3.39. The van der Waals surface area contributed by atoms with Gasteiger partial charge in [-0.2, -0.15) is 5.10 Å². The van der Waals surface area contributed by atoms with Gasteiger partial charge in [0.05, 0.1) is 12.1 Å². The summed E-state index contributed by atoms with van der Waals surface area (Å²) in [4.78, 5) is 15.7. The molecule has 2 aromatic heterocycles. The molecule has 0 radical (unpaired) electrons. The molecule has 0 saturated carbocycles. The van der Waals surface area contributed by atoms with Gasteiger partial charge in [-0.15, -0.1) is 5.10 Å². The number of amides is 1. The normalized spacial score (nSPS) is 9.88. The fourth-order valence-electron chi connectivity index (χ4n) is 1.32. The number of rotatable bonds is 3. The van der Waals surface area contributed by atoms with Crippen molar-refractivity contribution in [3.63, 3.8) is 0 Å². The van der Waals surface area contributed by atoms with Crippen LogP contribution < -0.4 is 11.1 Å². The van der Waals surface area contributed by atoms with E-state index in [4.69, 9.17) is 5.73 Å². The lowest BCUT2D eigenvalue weighted by Gasteiger charge is -2.03. The summed E-state index contributed by atoms with van der Waals surface area (Å²) >= 11 is 0. The molecule has 6 nitrogen and oxygen atoms in total. The molecule has 0 aliphatic rings. The van der Waals surface area contributed by atoms with E-state index in [1.54, 1.807) is 30.3 Å². The summed E-state index contributed by atoms with van der Waals surface area (Å²) in [7, 11) is 0. The van der Waals surface area contributed by atoms with Crippen LogP contribution in [0.4, 0.5) is 11.6 Å². The minimum atomic E-state index is -0.205. The summed E-state index contributed by atoms with van der Waals surface area (Å²) in [6.07, 6.45) is 1.69. The monoisotopic (exact) mass is 229 g/mol. The van der Waals surface area contributed by atoms with Crippen LogP contribution in [0.5, 0.6) is 0 Å². The minimum absolute atomic E-state index is 0.154. The number of hydrogen-bond acceptors (Lipinski definition) is 5. The molecular weight excluding hydrogens is 218 g/mol. The summed E-state index contributed by atoms with van der Waals surface area (Å²) in [5.41, 5.74) is 6.14. The predicted octanol–water partition coefficient (Wildman–Crippen LogP) is 0.635. The van der Waals surface area contributed by atoms with Crippen LogP contribution in [0.2, 0.25) is 0 Å². The topological polar surface area (TPSA) is 93.8 Å². The first-order chi connectivity index (χ1) is 8.24. The highest BCUT2D eigenvalue weighted by Crippen LogP contribution is 2.03. The molecule has 0 saturated heterocycles. The Morgan fingerprint density at radius 1 is 1.29 bits per heavy atom. The maximum atomic E-state index is 11.6. The molecular formula is C11H11N5O. The van der Waals surface area contributed by atoms with Gasteiger partial charge in [0.15, 0.2) is 5.82 Å². The van der Waals surface area contributed by atoms with Crippen molar-refractivity contribution in [2.75, 3.05) is 11.1 Å². The Morgan fingerprint density at radius 2 is 2.18 bits per heavy atom. The van der Waals surface area contributed by atoms with Crippen LogP contribution in [0.25, 0.3) is 0 Å². The lowest BCUT2D eigenvalue weighted by atomic mass is 10.2. The van der Waals surface area contributed by atoms with Crippen LogP contribution in [0.15, 0.2) is 36.5 Å². The first-order valence-electron chi connectivity index (χ1n) is 5.03. The first-order valence-corrected chi connectivity index (χ1v) is 5.03. The molecule has 17 heavy (non-hydrogen) atoms. The maximum absolute atomic E-state index is 11.6. The van der Waals surface area contributed by atoms with E-state index in [1.165, 1.54) is 6.20 Å². The Kier molecular flexibility index (Phi) is 3.25. The number of hydrogen-bond donors (Lipinski definition) is 2. The third kappa shape index (κ3) is 3.23. The maximum Gasteiger partial charge on any atom is 0.231 e. The summed E-state index contributed by atoms with van der Waals surface area (Å²) in [5, 5.41) is 10.0. The average Bonchev–Trinajstić information content (AvgIpc) is 2.30. The fraction of sp³-hybridized carbons (Fsp3) is 0.0909. The van der Waals surface area contributed by atoms with Crippen molar-refractivity contribution in [2.24, 2.45) is 0 Å². The Labute approximate surface area is 97.9 Å². The zero-order valence-electron chi connectivity index (χ0n) is 9.00. The molecule has 3 N–H and O–H groups in total. The SMILES string of the molecule is Nc1cccc(CC(=O)Nc2cccnn2)n1. The van der Waals surface area contributed by atoms with Gasteiger partial charge in [0.25, 0.3) is 0 Å². The molecule has 0 fully saturated rings. The number of pyridine rings is 1. The molecule has 0 atom stereocenters. The van der Waals surface area contributed by atoms with Crippen molar-refractivity contribution in [1.82, 2.24) is 15.2 Å². The van der Waals surface area contributed by atoms with Gasteiger partial charge in [-0.1, -0.05) is 6.07 Å². The zero-order chi connectivity index (χ0) is 12.1. The third-order valence-electron chi connectivity index (χ3n) is 2.01. The van der Waals surface area contributed by atoms with Gasteiger partial charge in [-0.05, 0) is 24.3 Å². The molecule has 0 bridgehead atoms. The number of carbonyl (C=O) groups excluding carboxylic acids is 1. The minimum Gasteiger partial charge on any atom is -0.384 e. The van der Waals surface area contributed by atoms with E-state index in [0.29, 0.717) is 17.3 Å². The van der Waals surface area contributed by atoms with Gasteiger partial charge >= 0.3 is 0 Å². The molecule has 86 valence electrons. The summed E-state index contributed by atoms with van der Waals surface area (Å²) in [6, 6.07) is 8.53. The van der Waals surface area contributed by atoms with Gasteiger partial charge in [0.2, 0.25) is 5.91 Å². The van der Waals surface area contributed by atoms with Crippen molar-refractivity contribution in [2.45, 2.75) is 6.42 Å². The molecule has 1 amide bonds. The molecule has 2 rings (SSSR count). The van der Waals surface area contributed by atoms with Gasteiger partial charge in [-0.25, -0.2) is 4.98 Å². The number of nitrogens with zero attached hydrogens (tertiary/aromatic N) is 3. The van der Waals surface area contributed by atoms with Crippen LogP contribution in [-0.2, 0) is 11.2 Å². The van der Waals surface area contributed by atoms with E-state index in [1.807, 2.05) is 0 Å². The van der Waals surface area contributed by atoms with E-state index >= 15 is 0 Å². The van der Waals surface area contributed by atoms with Crippen LogP contribution in [-0.4, -0.2) is 21.1 Å². The van der Waals surface area contributed by atoms with E-state index in [-0.39, 0.29) is 12.3 Å². The quantitative estimate of drug-likeness (QED) is 0.805. The molecule has 0 aliphatic carbocycles. The molecule has 0 spiro atoms. The standard InChI is InChI=1S/C11H11N5O/c12-9-4-1-3-8(14-9)7-11(17)15-10-5-2-6-13-16-10/h1-6H,7H2,(H2,12,14)(H,15,16,17). The van der Waals surface area contributed by atoms with Crippen molar-refractivity contribution >= 4 is 17.5 Å². The van der Waals surface area contributed by atoms with Crippen molar-refractivity contribution in [3.8, 4) is 0 Å². The molecule has 0 aliphatic heterocycles. The first kappa shape index (κ1) is 11.0. The average molecular weight is 229 g/mol. The van der Waals surface area contributed by atoms with Gasteiger partial charge < -0.3 is 11.1 Å². The number of nitrogens with one attached hydrogen (secondary N) is 1. The highest BCUT2D eigenvalue weighted by molar-refractivity contribution is 5.91. The number of aromatic nitrogens is 3. The van der Waals surface area contributed by atoms with E-state index in [9.17, 15) is 4.79 Å². The van der Waals surface area contributed by atoms with Crippen LogP contribution >= 0.6 is 0 Å². The largest absolute Gasteiger partial charge is 0.384 e. The lowest BCUT2D eigenvalue weighted by Crippen LogP contribution is -2.16. The Hall–Kier alpha value is -2.50. The summed E-state index contributed by atoms with van der Waals surface area (Å²) in [5.74, 6) is 0.611. The van der Waals surface area contributed by atoms with Gasteiger partial charge in [0, 0.05) is 6.20 Å². The predicted molar refractivity (Wildman–Crippen MR) is 63.0 cm³/mol. The van der Waals surface area contributed by atoms with E-state index < -0.39 is 0 Å². The van der Waals surface area contributed by atoms with Gasteiger partial charge in [0.1, 0.15) is 5.82 Å². The highest BCUT2D eigenvalue weighted by atomic mass is 16.1.